The second kappa shape index (κ2) is 3.78. The molecule has 0 spiro atoms. The van der Waals surface area contributed by atoms with E-state index in [9.17, 15) is 17.2 Å². The van der Waals surface area contributed by atoms with Crippen molar-refractivity contribution in [1.29, 1.82) is 0 Å². The zero-order valence-corrected chi connectivity index (χ0v) is 8.56. The van der Waals surface area contributed by atoms with Gasteiger partial charge in [0.05, 0.1) is 5.69 Å². The van der Waals surface area contributed by atoms with E-state index in [0.29, 0.717) is 6.07 Å². The minimum absolute atomic E-state index is 0.508. The maximum atomic E-state index is 12.3. The van der Waals surface area contributed by atoms with E-state index in [4.69, 9.17) is 21.5 Å². The van der Waals surface area contributed by atoms with Crippen molar-refractivity contribution in [2.24, 2.45) is 0 Å². The first-order chi connectivity index (χ1) is 6.73. The molecule has 5 nitrogen and oxygen atoms in total. The summed E-state index contributed by atoms with van der Waals surface area (Å²) in [6.45, 7) is 0. The highest BCUT2D eigenvalue weighted by atomic mass is 35.7. The third kappa shape index (κ3) is 2.45. The minimum atomic E-state index is -4.38. The lowest BCUT2D eigenvalue weighted by atomic mass is 10.3. The molecule has 9 heteroatoms. The summed E-state index contributed by atoms with van der Waals surface area (Å²) in [7, 11) is 0.473. The van der Waals surface area contributed by atoms with Crippen LogP contribution < -0.4 is 5.73 Å². The number of aromatic hydroxyl groups is 1. The average Bonchev–Trinajstić information content (AvgIpc) is 2.00. The first-order valence-electron chi connectivity index (χ1n) is 3.45. The first kappa shape index (κ1) is 11.9. The highest BCUT2D eigenvalue weighted by Crippen LogP contribution is 2.31. The summed E-state index contributed by atoms with van der Waals surface area (Å²) in [5.41, 5.74) is 3.65. The number of hydrogen-bond acceptors (Lipinski definition) is 5. The molecule has 0 aliphatic heterocycles. The molecule has 0 aromatic carbocycles. The Morgan fingerprint density at radius 3 is 2.47 bits per heavy atom. The number of nitrogens with two attached hydrogens (primary N) is 1. The SMILES string of the molecule is Nc1cc(O)c(S(=O)(=O)Cl)nc1C(F)F. The van der Waals surface area contributed by atoms with Crippen LogP contribution in [-0.4, -0.2) is 18.5 Å². The van der Waals surface area contributed by atoms with Crippen LogP contribution in [0.4, 0.5) is 14.5 Å². The predicted molar refractivity (Wildman–Crippen MR) is 48.3 cm³/mol. The summed E-state index contributed by atoms with van der Waals surface area (Å²) < 4.78 is 46.1. The van der Waals surface area contributed by atoms with Gasteiger partial charge in [-0.3, -0.25) is 0 Å². The van der Waals surface area contributed by atoms with Gasteiger partial charge in [-0.1, -0.05) is 0 Å². The van der Waals surface area contributed by atoms with Crippen LogP contribution in [0, 0.1) is 0 Å². The van der Waals surface area contributed by atoms with Gasteiger partial charge < -0.3 is 10.8 Å². The van der Waals surface area contributed by atoms with Crippen LogP contribution in [-0.2, 0) is 9.05 Å². The summed E-state index contributed by atoms with van der Waals surface area (Å²) in [4.78, 5) is 3.00. The molecule has 84 valence electrons. The van der Waals surface area contributed by atoms with Crippen molar-refractivity contribution in [3.63, 3.8) is 0 Å². The molecule has 0 aliphatic rings. The van der Waals surface area contributed by atoms with Crippen LogP contribution in [0.1, 0.15) is 12.1 Å². The number of anilines is 1. The molecule has 0 bridgehead atoms. The van der Waals surface area contributed by atoms with Gasteiger partial charge in [-0.15, -0.1) is 0 Å². The zero-order chi connectivity index (χ0) is 11.8. The summed E-state index contributed by atoms with van der Waals surface area (Å²) in [6.07, 6.45) is -3.05. The van der Waals surface area contributed by atoms with E-state index >= 15 is 0 Å². The highest BCUT2D eigenvalue weighted by molar-refractivity contribution is 8.13. The van der Waals surface area contributed by atoms with Gasteiger partial charge >= 0.3 is 0 Å². The standard InChI is InChI=1S/C6H5ClF2N2O3S/c7-15(13,14)6-3(12)1-2(10)4(11-6)5(8)9/h1,5,12H,10H2. The molecule has 1 aromatic heterocycles. The molecule has 0 saturated heterocycles. The number of nitrogen functional groups attached to an aromatic ring is 1. The molecular weight excluding hydrogens is 254 g/mol. The summed E-state index contributed by atoms with van der Waals surface area (Å²) in [5, 5.41) is 8.05. The van der Waals surface area contributed by atoms with Crippen LogP contribution in [0.5, 0.6) is 5.75 Å². The molecule has 3 N–H and O–H groups in total. The number of rotatable bonds is 2. The molecule has 0 unspecified atom stereocenters. The van der Waals surface area contributed by atoms with Gasteiger partial charge in [0.25, 0.3) is 15.5 Å². The highest BCUT2D eigenvalue weighted by Gasteiger charge is 2.23. The largest absolute Gasteiger partial charge is 0.505 e. The van der Waals surface area contributed by atoms with Crippen molar-refractivity contribution < 1.29 is 22.3 Å². The van der Waals surface area contributed by atoms with Gasteiger partial charge in [0.15, 0.2) is 5.75 Å². The van der Waals surface area contributed by atoms with E-state index in [2.05, 4.69) is 4.98 Å². The second-order valence-corrected chi connectivity index (χ2v) is 5.01. The molecule has 15 heavy (non-hydrogen) atoms. The molecule has 0 radical (unpaired) electrons. The Morgan fingerprint density at radius 1 is 1.53 bits per heavy atom. The minimum Gasteiger partial charge on any atom is -0.505 e. The number of aromatic nitrogens is 1. The predicted octanol–water partition coefficient (Wildman–Crippen LogP) is 1.23. The van der Waals surface area contributed by atoms with E-state index in [0.717, 1.165) is 0 Å². The normalized spacial score (nSPS) is 12.0. The quantitative estimate of drug-likeness (QED) is 0.779. The fourth-order valence-corrected chi connectivity index (χ4v) is 1.73. The van der Waals surface area contributed by atoms with E-state index in [1.807, 2.05) is 0 Å². The monoisotopic (exact) mass is 258 g/mol. The van der Waals surface area contributed by atoms with E-state index in [-0.39, 0.29) is 0 Å². The molecule has 0 aliphatic carbocycles. The average molecular weight is 259 g/mol. The Kier molecular flexibility index (Phi) is 3.00. The zero-order valence-electron chi connectivity index (χ0n) is 6.99. The molecular formula is C6H5ClF2N2O3S. The van der Waals surface area contributed by atoms with Crippen LogP contribution in [0.25, 0.3) is 0 Å². The Labute approximate surface area is 87.9 Å². The molecule has 1 heterocycles. The van der Waals surface area contributed by atoms with Crippen molar-refractivity contribution in [2.75, 3.05) is 5.73 Å². The summed E-state index contributed by atoms with van der Waals surface area (Å²) >= 11 is 0. The summed E-state index contributed by atoms with van der Waals surface area (Å²) in [6, 6.07) is 0.657. The van der Waals surface area contributed by atoms with Crippen LogP contribution >= 0.6 is 10.7 Å². The van der Waals surface area contributed by atoms with Gasteiger partial charge in [-0.05, 0) is 0 Å². The lowest BCUT2D eigenvalue weighted by Gasteiger charge is -2.06. The van der Waals surface area contributed by atoms with Crippen molar-refractivity contribution >= 4 is 25.4 Å². The van der Waals surface area contributed by atoms with Crippen molar-refractivity contribution in [3.8, 4) is 5.75 Å². The fourth-order valence-electron chi connectivity index (χ4n) is 0.868. The molecule has 1 aromatic rings. The molecule has 0 atom stereocenters. The van der Waals surface area contributed by atoms with Crippen LogP contribution in [0.15, 0.2) is 11.1 Å². The topological polar surface area (TPSA) is 93.3 Å². The lowest BCUT2D eigenvalue weighted by molar-refractivity contribution is 0.146. The molecule has 1 rings (SSSR count). The third-order valence-electron chi connectivity index (χ3n) is 1.47. The smallest absolute Gasteiger partial charge is 0.282 e. The van der Waals surface area contributed by atoms with Gasteiger partial charge in [-0.2, -0.15) is 0 Å². The third-order valence-corrected chi connectivity index (χ3v) is 2.67. The van der Waals surface area contributed by atoms with Gasteiger partial charge in [0.1, 0.15) is 5.69 Å². The van der Waals surface area contributed by atoms with E-state index in [1.54, 1.807) is 0 Å². The van der Waals surface area contributed by atoms with Crippen LogP contribution in [0.3, 0.4) is 0 Å². The number of alkyl halides is 2. The maximum Gasteiger partial charge on any atom is 0.282 e. The van der Waals surface area contributed by atoms with Crippen LogP contribution in [0.2, 0.25) is 0 Å². The Balaban J connectivity index is 3.50. The van der Waals surface area contributed by atoms with Crippen molar-refractivity contribution in [3.05, 3.63) is 11.8 Å². The molecule has 0 saturated carbocycles. The summed E-state index contributed by atoms with van der Waals surface area (Å²) in [5.74, 6) is -0.869. The Bertz CT molecular complexity index is 491. The number of nitrogens with zero attached hydrogens (tertiary/aromatic N) is 1. The fraction of sp³-hybridized carbons (Fsp3) is 0.167. The number of halogens is 3. The number of hydrogen-bond donors (Lipinski definition) is 2. The lowest BCUT2D eigenvalue weighted by Crippen LogP contribution is -2.04. The first-order valence-corrected chi connectivity index (χ1v) is 5.76. The molecule has 0 amide bonds. The Morgan fingerprint density at radius 2 is 2.07 bits per heavy atom. The molecule has 0 fully saturated rings. The van der Waals surface area contributed by atoms with Crippen molar-refractivity contribution in [1.82, 2.24) is 4.98 Å². The van der Waals surface area contributed by atoms with Crippen molar-refractivity contribution in [2.45, 2.75) is 11.5 Å². The van der Waals surface area contributed by atoms with E-state index in [1.165, 1.54) is 0 Å². The number of pyridine rings is 1. The second-order valence-electron chi connectivity index (χ2n) is 2.53. The maximum absolute atomic E-state index is 12.3. The Hall–Kier alpha value is -1.15. The van der Waals surface area contributed by atoms with E-state index < -0.39 is 37.6 Å². The van der Waals surface area contributed by atoms with Gasteiger partial charge in [-0.25, -0.2) is 22.2 Å². The van der Waals surface area contributed by atoms with Gasteiger partial charge in [0, 0.05) is 16.7 Å². The van der Waals surface area contributed by atoms with Gasteiger partial charge in [0.2, 0.25) is 5.03 Å².